The lowest BCUT2D eigenvalue weighted by atomic mass is 9.76. The maximum absolute atomic E-state index is 5.64. The Kier molecular flexibility index (Phi) is 4.70. The number of nitrogens with one attached hydrogen (secondary N) is 1. The highest BCUT2D eigenvalue weighted by Gasteiger charge is 2.54. The molecule has 2 aliphatic rings. The molecule has 0 radical (unpaired) electrons. The third kappa shape index (κ3) is 3.10. The Labute approximate surface area is 154 Å². The smallest absolute Gasteiger partial charge is 0.119 e. The molecule has 0 amide bonds. The van der Waals surface area contributed by atoms with Crippen molar-refractivity contribution < 1.29 is 4.74 Å². The first-order chi connectivity index (χ1) is 11.6. The van der Waals surface area contributed by atoms with Crippen molar-refractivity contribution in [1.82, 2.24) is 10.2 Å². The summed E-state index contributed by atoms with van der Waals surface area (Å²) < 4.78 is 5.64. The molecule has 1 aromatic rings. The molecule has 0 bridgehead atoms. The first kappa shape index (κ1) is 18.7. The molecule has 1 saturated carbocycles. The summed E-state index contributed by atoms with van der Waals surface area (Å²) in [7, 11) is 1.79. The molecule has 140 valence electrons. The summed E-state index contributed by atoms with van der Waals surface area (Å²) in [5, 5.41) is 3.77. The molecule has 0 atom stereocenters. The highest BCUT2D eigenvalue weighted by molar-refractivity contribution is 5.52. The van der Waals surface area contributed by atoms with Crippen molar-refractivity contribution >= 4 is 0 Å². The van der Waals surface area contributed by atoms with Gasteiger partial charge in [-0.25, -0.2) is 0 Å². The van der Waals surface area contributed by atoms with Crippen LogP contribution in [0.15, 0.2) is 12.1 Å². The quantitative estimate of drug-likeness (QED) is 0.829. The summed E-state index contributed by atoms with van der Waals surface area (Å²) in [5.74, 6) is 1.00. The number of rotatable bonds is 3. The zero-order valence-corrected chi connectivity index (χ0v) is 17.3. The van der Waals surface area contributed by atoms with Crippen LogP contribution in [-0.4, -0.2) is 24.2 Å². The van der Waals surface area contributed by atoms with E-state index in [1.165, 1.54) is 48.8 Å². The maximum Gasteiger partial charge on any atom is 0.119 e. The van der Waals surface area contributed by atoms with Crippen LogP contribution in [-0.2, 0) is 11.1 Å². The SMILES string of the molecule is COc1cc(C)c2c(c1)C1(CCCCC1)N(CNC(C)(C)C)C2(C)C. The van der Waals surface area contributed by atoms with E-state index >= 15 is 0 Å². The summed E-state index contributed by atoms with van der Waals surface area (Å²) in [6, 6.07) is 4.53. The Hall–Kier alpha value is -1.06. The number of nitrogens with zero attached hydrogens (tertiary/aromatic N) is 1. The third-order valence-corrected chi connectivity index (χ3v) is 6.30. The molecule has 1 aliphatic heterocycles. The van der Waals surface area contributed by atoms with Crippen LogP contribution in [0.1, 0.15) is 83.4 Å². The highest BCUT2D eigenvalue weighted by atomic mass is 16.5. The minimum absolute atomic E-state index is 0.0290. The molecule has 1 N–H and O–H groups in total. The Morgan fingerprint density at radius 3 is 2.32 bits per heavy atom. The van der Waals surface area contributed by atoms with Crippen LogP contribution in [0, 0.1) is 6.92 Å². The summed E-state index contributed by atoms with van der Waals surface area (Å²) in [6.07, 6.45) is 6.50. The second-order valence-electron chi connectivity index (χ2n) is 9.53. The Morgan fingerprint density at radius 2 is 1.76 bits per heavy atom. The average Bonchev–Trinajstić information content (AvgIpc) is 2.70. The molecule has 3 heteroatoms. The molecule has 1 aromatic carbocycles. The van der Waals surface area contributed by atoms with Gasteiger partial charge in [-0.3, -0.25) is 10.2 Å². The van der Waals surface area contributed by atoms with Gasteiger partial charge in [-0.15, -0.1) is 0 Å². The molecule has 3 rings (SSSR count). The number of aryl methyl sites for hydroxylation is 1. The van der Waals surface area contributed by atoms with Gasteiger partial charge in [0, 0.05) is 16.6 Å². The summed E-state index contributed by atoms with van der Waals surface area (Å²) in [5.41, 5.74) is 4.70. The van der Waals surface area contributed by atoms with Crippen molar-refractivity contribution in [2.24, 2.45) is 0 Å². The molecule has 1 fully saturated rings. The van der Waals surface area contributed by atoms with Crippen molar-refractivity contribution in [3.05, 3.63) is 28.8 Å². The van der Waals surface area contributed by atoms with Gasteiger partial charge in [0.1, 0.15) is 5.75 Å². The van der Waals surface area contributed by atoms with Gasteiger partial charge < -0.3 is 4.74 Å². The number of fused-ring (bicyclic) bond motifs is 2. The van der Waals surface area contributed by atoms with Crippen molar-refractivity contribution in [1.29, 1.82) is 0 Å². The zero-order valence-electron chi connectivity index (χ0n) is 17.3. The van der Waals surface area contributed by atoms with Crippen LogP contribution >= 0.6 is 0 Å². The van der Waals surface area contributed by atoms with E-state index in [4.69, 9.17) is 4.74 Å². The standard InChI is InChI=1S/C22H36N2O/c1-16-13-17(25-7)14-18-19(16)21(5,6)24(15-23-20(2,3)4)22(18)11-9-8-10-12-22/h13-14,23H,8-12,15H2,1-7H3. The number of methoxy groups -OCH3 is 1. The van der Waals surface area contributed by atoms with Gasteiger partial charge in [0.2, 0.25) is 0 Å². The van der Waals surface area contributed by atoms with Gasteiger partial charge in [-0.05, 0) is 83.2 Å². The number of benzene rings is 1. The van der Waals surface area contributed by atoms with Crippen LogP contribution in [0.25, 0.3) is 0 Å². The Balaban J connectivity index is 2.13. The average molecular weight is 345 g/mol. The third-order valence-electron chi connectivity index (χ3n) is 6.30. The number of hydrogen-bond donors (Lipinski definition) is 1. The van der Waals surface area contributed by atoms with E-state index in [9.17, 15) is 0 Å². The zero-order chi connectivity index (χ0) is 18.5. The van der Waals surface area contributed by atoms with E-state index in [2.05, 4.69) is 63.9 Å². The lowest BCUT2D eigenvalue weighted by molar-refractivity contribution is -0.0207. The molecule has 1 heterocycles. The molecule has 1 aliphatic carbocycles. The van der Waals surface area contributed by atoms with Crippen LogP contribution in [0.4, 0.5) is 0 Å². The number of ether oxygens (including phenoxy) is 1. The molecule has 25 heavy (non-hydrogen) atoms. The van der Waals surface area contributed by atoms with Crippen molar-refractivity contribution in [2.75, 3.05) is 13.8 Å². The monoisotopic (exact) mass is 344 g/mol. The van der Waals surface area contributed by atoms with Crippen LogP contribution in [0.5, 0.6) is 5.75 Å². The second-order valence-corrected chi connectivity index (χ2v) is 9.53. The molecular formula is C22H36N2O. The van der Waals surface area contributed by atoms with E-state index < -0.39 is 0 Å². The maximum atomic E-state index is 5.64. The van der Waals surface area contributed by atoms with Crippen LogP contribution in [0.2, 0.25) is 0 Å². The fraction of sp³-hybridized carbons (Fsp3) is 0.727. The van der Waals surface area contributed by atoms with Gasteiger partial charge in [-0.1, -0.05) is 19.3 Å². The normalized spacial score (nSPS) is 22.2. The first-order valence-corrected chi connectivity index (χ1v) is 9.84. The minimum Gasteiger partial charge on any atom is -0.497 e. The molecule has 1 spiro atoms. The first-order valence-electron chi connectivity index (χ1n) is 9.84. The summed E-state index contributed by atoms with van der Waals surface area (Å²) in [4.78, 5) is 2.75. The van der Waals surface area contributed by atoms with Crippen molar-refractivity contribution in [3.63, 3.8) is 0 Å². The molecule has 0 unspecified atom stereocenters. The van der Waals surface area contributed by atoms with E-state index in [0.29, 0.717) is 0 Å². The van der Waals surface area contributed by atoms with Gasteiger partial charge >= 0.3 is 0 Å². The van der Waals surface area contributed by atoms with Gasteiger partial charge in [-0.2, -0.15) is 0 Å². The lowest BCUT2D eigenvalue weighted by Crippen LogP contribution is -2.56. The fourth-order valence-corrected chi connectivity index (χ4v) is 5.21. The topological polar surface area (TPSA) is 24.5 Å². The van der Waals surface area contributed by atoms with E-state index in [-0.39, 0.29) is 16.6 Å². The molecule has 0 saturated heterocycles. The molecular weight excluding hydrogens is 308 g/mol. The van der Waals surface area contributed by atoms with Crippen LogP contribution in [0.3, 0.4) is 0 Å². The van der Waals surface area contributed by atoms with Crippen molar-refractivity contribution in [3.8, 4) is 5.75 Å². The Morgan fingerprint density at radius 1 is 1.12 bits per heavy atom. The van der Waals surface area contributed by atoms with Crippen LogP contribution < -0.4 is 10.1 Å². The minimum atomic E-state index is 0.0290. The van der Waals surface area contributed by atoms with Gasteiger partial charge in [0.25, 0.3) is 0 Å². The van der Waals surface area contributed by atoms with E-state index in [1.54, 1.807) is 7.11 Å². The predicted octanol–water partition coefficient (Wildman–Crippen LogP) is 5.06. The second kappa shape index (κ2) is 6.28. The number of hydrogen-bond acceptors (Lipinski definition) is 3. The lowest BCUT2D eigenvalue weighted by Gasteiger charge is -2.48. The highest BCUT2D eigenvalue weighted by Crippen LogP contribution is 2.57. The molecule has 0 aromatic heterocycles. The summed E-state index contributed by atoms with van der Waals surface area (Å²) in [6.45, 7) is 14.7. The van der Waals surface area contributed by atoms with Gasteiger partial charge in [0.05, 0.1) is 13.8 Å². The molecule has 3 nitrogen and oxygen atoms in total. The Bertz CT molecular complexity index is 636. The van der Waals surface area contributed by atoms with E-state index in [1.807, 2.05) is 0 Å². The fourth-order valence-electron chi connectivity index (χ4n) is 5.21. The van der Waals surface area contributed by atoms with Crippen molar-refractivity contribution in [2.45, 2.75) is 90.3 Å². The van der Waals surface area contributed by atoms with Gasteiger partial charge in [0.15, 0.2) is 0 Å². The van der Waals surface area contributed by atoms with E-state index in [0.717, 1.165) is 12.4 Å². The largest absolute Gasteiger partial charge is 0.497 e. The summed E-state index contributed by atoms with van der Waals surface area (Å²) >= 11 is 0. The predicted molar refractivity (Wildman–Crippen MR) is 105 cm³/mol.